The largest absolute Gasteiger partial charge is 0.338 e. The highest BCUT2D eigenvalue weighted by atomic mass is 16.2. The Morgan fingerprint density at radius 3 is 2.71 bits per heavy atom. The number of hydrogen-bond acceptors (Lipinski definition) is 3. The molecule has 1 rings (SSSR count). The van der Waals surface area contributed by atoms with E-state index in [-0.39, 0.29) is 5.91 Å². The summed E-state index contributed by atoms with van der Waals surface area (Å²) in [7, 11) is 4.05. The summed E-state index contributed by atoms with van der Waals surface area (Å²) in [4.78, 5) is 15.7. The maximum absolute atomic E-state index is 11.6. The first-order valence-electron chi connectivity index (χ1n) is 5.18. The second-order valence-corrected chi connectivity index (χ2v) is 4.46. The summed E-state index contributed by atoms with van der Waals surface area (Å²) >= 11 is 0. The van der Waals surface area contributed by atoms with Gasteiger partial charge in [-0.05, 0) is 33.5 Å². The van der Waals surface area contributed by atoms with Crippen molar-refractivity contribution in [3.05, 3.63) is 0 Å². The number of likely N-dealkylation sites (N-methyl/N-ethyl adjacent to an activating group) is 1. The minimum atomic E-state index is 0.259. The van der Waals surface area contributed by atoms with E-state index in [1.807, 2.05) is 19.0 Å². The van der Waals surface area contributed by atoms with Crippen LogP contribution in [0, 0.1) is 5.92 Å². The Hall–Kier alpha value is -0.610. The van der Waals surface area contributed by atoms with Gasteiger partial charge >= 0.3 is 0 Å². The summed E-state index contributed by atoms with van der Waals surface area (Å²) < 4.78 is 0. The third kappa shape index (κ3) is 2.69. The Labute approximate surface area is 86.0 Å². The SMILES string of the molecule is CC(CN(C)C)N1CC(CN)CC1=O. The Kier molecular flexibility index (Phi) is 3.89. The van der Waals surface area contributed by atoms with Gasteiger partial charge in [0.15, 0.2) is 0 Å². The van der Waals surface area contributed by atoms with E-state index in [9.17, 15) is 4.79 Å². The van der Waals surface area contributed by atoms with Gasteiger partial charge < -0.3 is 15.5 Å². The number of nitrogens with two attached hydrogens (primary N) is 1. The first kappa shape index (κ1) is 11.5. The van der Waals surface area contributed by atoms with E-state index in [2.05, 4.69) is 11.8 Å². The predicted octanol–water partition coefficient (Wildman–Crippen LogP) is -0.256. The quantitative estimate of drug-likeness (QED) is 0.679. The Morgan fingerprint density at radius 2 is 2.29 bits per heavy atom. The highest BCUT2D eigenvalue weighted by Gasteiger charge is 2.31. The first-order chi connectivity index (χ1) is 6.54. The molecule has 2 N–H and O–H groups in total. The average Bonchev–Trinajstić information content (AvgIpc) is 2.45. The topological polar surface area (TPSA) is 49.6 Å². The monoisotopic (exact) mass is 199 g/mol. The van der Waals surface area contributed by atoms with E-state index in [4.69, 9.17) is 5.73 Å². The number of amides is 1. The standard InChI is InChI=1S/C10H21N3O/c1-8(6-12(2)3)13-7-9(5-11)4-10(13)14/h8-9H,4-7,11H2,1-3H3. The van der Waals surface area contributed by atoms with Gasteiger partial charge in [0.25, 0.3) is 0 Å². The van der Waals surface area contributed by atoms with Crippen LogP contribution < -0.4 is 5.73 Å². The molecule has 0 aromatic heterocycles. The molecule has 0 spiro atoms. The van der Waals surface area contributed by atoms with Crippen LogP contribution in [0.1, 0.15) is 13.3 Å². The smallest absolute Gasteiger partial charge is 0.223 e. The van der Waals surface area contributed by atoms with Crippen molar-refractivity contribution < 1.29 is 4.79 Å². The lowest BCUT2D eigenvalue weighted by atomic mass is 10.1. The normalized spacial score (nSPS) is 24.8. The van der Waals surface area contributed by atoms with Crippen LogP contribution in [0.4, 0.5) is 0 Å². The summed E-state index contributed by atoms with van der Waals surface area (Å²) in [6.45, 7) is 4.47. The fourth-order valence-electron chi connectivity index (χ4n) is 2.02. The van der Waals surface area contributed by atoms with Crippen molar-refractivity contribution in [2.75, 3.05) is 33.7 Å². The third-order valence-electron chi connectivity index (χ3n) is 2.73. The van der Waals surface area contributed by atoms with Gasteiger partial charge in [-0.1, -0.05) is 0 Å². The summed E-state index contributed by atoms with van der Waals surface area (Å²) in [6, 6.07) is 0.300. The van der Waals surface area contributed by atoms with Crippen LogP contribution in [0.25, 0.3) is 0 Å². The molecule has 1 heterocycles. The van der Waals surface area contributed by atoms with Crippen molar-refractivity contribution in [2.24, 2.45) is 11.7 Å². The molecule has 0 aromatic rings. The zero-order valence-corrected chi connectivity index (χ0v) is 9.36. The number of nitrogens with zero attached hydrogens (tertiary/aromatic N) is 2. The number of carbonyl (C=O) groups excluding carboxylic acids is 1. The van der Waals surface area contributed by atoms with Gasteiger partial charge in [0, 0.05) is 25.6 Å². The fraction of sp³-hybridized carbons (Fsp3) is 0.900. The van der Waals surface area contributed by atoms with Gasteiger partial charge in [-0.25, -0.2) is 0 Å². The average molecular weight is 199 g/mol. The molecule has 0 radical (unpaired) electrons. The van der Waals surface area contributed by atoms with E-state index < -0.39 is 0 Å². The molecule has 82 valence electrons. The Morgan fingerprint density at radius 1 is 1.64 bits per heavy atom. The third-order valence-corrected chi connectivity index (χ3v) is 2.73. The molecule has 0 aliphatic carbocycles. The van der Waals surface area contributed by atoms with E-state index in [0.29, 0.717) is 24.9 Å². The van der Waals surface area contributed by atoms with Gasteiger partial charge in [-0.2, -0.15) is 0 Å². The van der Waals surface area contributed by atoms with Crippen LogP contribution in [-0.2, 0) is 4.79 Å². The highest BCUT2D eigenvalue weighted by Crippen LogP contribution is 2.19. The fourth-order valence-corrected chi connectivity index (χ4v) is 2.02. The number of likely N-dealkylation sites (tertiary alicyclic amines) is 1. The molecule has 1 aliphatic heterocycles. The highest BCUT2D eigenvalue weighted by molar-refractivity contribution is 5.79. The Balaban J connectivity index is 2.48. The van der Waals surface area contributed by atoms with Crippen LogP contribution in [0.3, 0.4) is 0 Å². The van der Waals surface area contributed by atoms with Crippen LogP contribution in [0.2, 0.25) is 0 Å². The van der Waals surface area contributed by atoms with Gasteiger partial charge in [-0.15, -0.1) is 0 Å². The Bertz CT molecular complexity index is 206. The van der Waals surface area contributed by atoms with Crippen molar-refractivity contribution in [1.82, 2.24) is 9.80 Å². The molecule has 0 bridgehead atoms. The zero-order chi connectivity index (χ0) is 10.7. The summed E-state index contributed by atoms with van der Waals surface area (Å²) in [6.07, 6.45) is 0.633. The molecule has 1 amide bonds. The molecule has 14 heavy (non-hydrogen) atoms. The maximum Gasteiger partial charge on any atom is 0.223 e. The lowest BCUT2D eigenvalue weighted by Gasteiger charge is -2.27. The molecule has 4 nitrogen and oxygen atoms in total. The van der Waals surface area contributed by atoms with Crippen molar-refractivity contribution >= 4 is 5.91 Å². The van der Waals surface area contributed by atoms with Crippen molar-refractivity contribution in [3.8, 4) is 0 Å². The molecule has 2 atom stereocenters. The summed E-state index contributed by atoms with van der Waals surface area (Å²) in [5.41, 5.74) is 5.57. The second kappa shape index (κ2) is 4.75. The lowest BCUT2D eigenvalue weighted by molar-refractivity contribution is -0.129. The van der Waals surface area contributed by atoms with E-state index in [1.165, 1.54) is 0 Å². The van der Waals surface area contributed by atoms with Crippen LogP contribution in [0.5, 0.6) is 0 Å². The van der Waals surface area contributed by atoms with Gasteiger partial charge in [0.2, 0.25) is 5.91 Å². The maximum atomic E-state index is 11.6. The van der Waals surface area contributed by atoms with Gasteiger partial charge in [0.05, 0.1) is 0 Å². The molecule has 0 saturated carbocycles. The van der Waals surface area contributed by atoms with Crippen molar-refractivity contribution in [3.63, 3.8) is 0 Å². The molecule has 1 aliphatic rings. The number of hydrogen-bond donors (Lipinski definition) is 1. The zero-order valence-electron chi connectivity index (χ0n) is 9.36. The van der Waals surface area contributed by atoms with Gasteiger partial charge in [-0.3, -0.25) is 4.79 Å². The van der Waals surface area contributed by atoms with E-state index in [1.54, 1.807) is 0 Å². The first-order valence-corrected chi connectivity index (χ1v) is 5.18. The summed E-state index contributed by atoms with van der Waals surface area (Å²) in [5.74, 6) is 0.627. The molecule has 4 heteroatoms. The molecule has 1 fully saturated rings. The predicted molar refractivity (Wildman–Crippen MR) is 56.9 cm³/mol. The van der Waals surface area contributed by atoms with E-state index >= 15 is 0 Å². The minimum absolute atomic E-state index is 0.259. The number of carbonyl (C=O) groups is 1. The molecular formula is C10H21N3O. The van der Waals surface area contributed by atoms with Crippen molar-refractivity contribution in [2.45, 2.75) is 19.4 Å². The van der Waals surface area contributed by atoms with Gasteiger partial charge in [0.1, 0.15) is 0 Å². The molecular weight excluding hydrogens is 178 g/mol. The van der Waals surface area contributed by atoms with Crippen molar-refractivity contribution in [1.29, 1.82) is 0 Å². The number of rotatable bonds is 4. The molecule has 0 aromatic carbocycles. The molecule has 1 saturated heterocycles. The van der Waals surface area contributed by atoms with Crippen LogP contribution in [0.15, 0.2) is 0 Å². The summed E-state index contributed by atoms with van der Waals surface area (Å²) in [5, 5.41) is 0. The minimum Gasteiger partial charge on any atom is -0.338 e. The van der Waals surface area contributed by atoms with Crippen LogP contribution in [-0.4, -0.2) is 55.5 Å². The molecule has 2 unspecified atom stereocenters. The second-order valence-electron chi connectivity index (χ2n) is 4.46. The lowest BCUT2D eigenvalue weighted by Crippen LogP contribution is -2.41. The van der Waals surface area contributed by atoms with Crippen LogP contribution >= 0.6 is 0 Å². The van der Waals surface area contributed by atoms with E-state index in [0.717, 1.165) is 13.1 Å².